The third-order valence-corrected chi connectivity index (χ3v) is 3.02. The SMILES string of the molecule is Cc1cc(O)ccc1NCc1cnn(C(C)(C)C)c1. The molecule has 1 aromatic carbocycles. The van der Waals surface area contributed by atoms with Crippen LogP contribution in [0.25, 0.3) is 0 Å². The first-order valence-corrected chi connectivity index (χ1v) is 6.44. The van der Waals surface area contributed by atoms with Crippen LogP contribution in [0, 0.1) is 6.92 Å². The van der Waals surface area contributed by atoms with Crippen molar-refractivity contribution in [2.45, 2.75) is 39.8 Å². The van der Waals surface area contributed by atoms with Gasteiger partial charge in [0.1, 0.15) is 5.75 Å². The average Bonchev–Trinajstić information content (AvgIpc) is 2.76. The van der Waals surface area contributed by atoms with Gasteiger partial charge in [0.25, 0.3) is 0 Å². The Morgan fingerprint density at radius 2 is 2.05 bits per heavy atom. The lowest BCUT2D eigenvalue weighted by atomic mass is 10.1. The van der Waals surface area contributed by atoms with Crippen LogP contribution in [-0.4, -0.2) is 14.9 Å². The maximum atomic E-state index is 9.37. The van der Waals surface area contributed by atoms with Gasteiger partial charge >= 0.3 is 0 Å². The van der Waals surface area contributed by atoms with Crippen molar-refractivity contribution < 1.29 is 5.11 Å². The van der Waals surface area contributed by atoms with Crippen molar-refractivity contribution in [3.8, 4) is 5.75 Å². The molecule has 0 aliphatic carbocycles. The molecule has 1 heterocycles. The van der Waals surface area contributed by atoms with E-state index in [4.69, 9.17) is 0 Å². The lowest BCUT2D eigenvalue weighted by Gasteiger charge is -2.18. The maximum absolute atomic E-state index is 9.37. The second-order valence-electron chi connectivity index (χ2n) is 5.82. The van der Waals surface area contributed by atoms with Crippen LogP contribution in [-0.2, 0) is 12.1 Å². The van der Waals surface area contributed by atoms with Crippen molar-refractivity contribution >= 4 is 5.69 Å². The van der Waals surface area contributed by atoms with Crippen LogP contribution >= 0.6 is 0 Å². The number of hydrogen-bond donors (Lipinski definition) is 2. The molecule has 2 rings (SSSR count). The molecule has 0 saturated heterocycles. The molecule has 0 radical (unpaired) electrons. The molecule has 102 valence electrons. The molecule has 19 heavy (non-hydrogen) atoms. The van der Waals surface area contributed by atoms with Crippen LogP contribution in [0.1, 0.15) is 31.9 Å². The van der Waals surface area contributed by atoms with E-state index in [1.54, 1.807) is 12.1 Å². The van der Waals surface area contributed by atoms with E-state index in [-0.39, 0.29) is 5.54 Å². The van der Waals surface area contributed by atoms with E-state index >= 15 is 0 Å². The van der Waals surface area contributed by atoms with Crippen LogP contribution in [0.15, 0.2) is 30.6 Å². The van der Waals surface area contributed by atoms with Gasteiger partial charge < -0.3 is 10.4 Å². The highest BCUT2D eigenvalue weighted by molar-refractivity contribution is 5.53. The first kappa shape index (κ1) is 13.5. The average molecular weight is 259 g/mol. The Bertz CT molecular complexity index is 567. The number of nitrogens with one attached hydrogen (secondary N) is 1. The number of hydrogen-bond acceptors (Lipinski definition) is 3. The zero-order valence-corrected chi connectivity index (χ0v) is 11.9. The molecule has 0 atom stereocenters. The predicted molar refractivity (Wildman–Crippen MR) is 77.4 cm³/mol. The Morgan fingerprint density at radius 3 is 2.63 bits per heavy atom. The third kappa shape index (κ3) is 3.28. The number of nitrogens with zero attached hydrogens (tertiary/aromatic N) is 2. The Kier molecular flexibility index (Phi) is 3.51. The van der Waals surface area contributed by atoms with Crippen molar-refractivity contribution in [2.24, 2.45) is 0 Å². The highest BCUT2D eigenvalue weighted by Gasteiger charge is 2.13. The smallest absolute Gasteiger partial charge is 0.115 e. The van der Waals surface area contributed by atoms with Crippen LogP contribution in [0.2, 0.25) is 0 Å². The van der Waals surface area contributed by atoms with Crippen molar-refractivity contribution in [3.63, 3.8) is 0 Å². The fraction of sp³-hybridized carbons (Fsp3) is 0.400. The first-order chi connectivity index (χ1) is 8.86. The summed E-state index contributed by atoms with van der Waals surface area (Å²) in [7, 11) is 0. The summed E-state index contributed by atoms with van der Waals surface area (Å²) in [6.45, 7) is 9.08. The van der Waals surface area contributed by atoms with Crippen molar-refractivity contribution in [1.82, 2.24) is 9.78 Å². The van der Waals surface area contributed by atoms with Crippen LogP contribution in [0.4, 0.5) is 5.69 Å². The van der Waals surface area contributed by atoms with Gasteiger partial charge in [0.05, 0.1) is 11.7 Å². The summed E-state index contributed by atoms with van der Waals surface area (Å²) in [5, 5.41) is 17.1. The summed E-state index contributed by atoms with van der Waals surface area (Å²) >= 11 is 0. The van der Waals surface area contributed by atoms with Gasteiger partial charge in [0.15, 0.2) is 0 Å². The summed E-state index contributed by atoms with van der Waals surface area (Å²) in [5.41, 5.74) is 3.21. The molecular formula is C15H21N3O. The lowest BCUT2D eigenvalue weighted by molar-refractivity contribution is 0.355. The van der Waals surface area contributed by atoms with Gasteiger partial charge in [-0.15, -0.1) is 0 Å². The Labute approximate surface area is 114 Å². The molecule has 1 aromatic heterocycles. The largest absolute Gasteiger partial charge is 0.508 e. The van der Waals surface area contributed by atoms with Gasteiger partial charge in [-0.25, -0.2) is 0 Å². The molecule has 0 amide bonds. The van der Waals surface area contributed by atoms with Crippen molar-refractivity contribution in [3.05, 3.63) is 41.7 Å². The van der Waals surface area contributed by atoms with Gasteiger partial charge in [0, 0.05) is 24.0 Å². The molecule has 0 fully saturated rings. The maximum Gasteiger partial charge on any atom is 0.115 e. The molecular weight excluding hydrogens is 238 g/mol. The van der Waals surface area contributed by atoms with E-state index < -0.39 is 0 Å². The minimum Gasteiger partial charge on any atom is -0.508 e. The number of phenolic OH excluding ortho intramolecular Hbond substituents is 1. The van der Waals surface area contributed by atoms with E-state index in [0.717, 1.165) is 23.4 Å². The summed E-state index contributed by atoms with van der Waals surface area (Å²) in [6.07, 6.45) is 3.94. The summed E-state index contributed by atoms with van der Waals surface area (Å²) in [5.74, 6) is 0.295. The standard InChI is InChI=1S/C15H21N3O/c1-11-7-13(19)5-6-14(11)16-8-12-9-17-18(10-12)15(2,3)4/h5-7,9-10,16,19H,8H2,1-4H3. The highest BCUT2D eigenvalue weighted by Crippen LogP contribution is 2.21. The Balaban J connectivity index is 2.04. The summed E-state index contributed by atoms with van der Waals surface area (Å²) in [6, 6.07) is 5.33. The van der Waals surface area contributed by atoms with Gasteiger partial charge in [0.2, 0.25) is 0 Å². The summed E-state index contributed by atoms with van der Waals surface area (Å²) in [4.78, 5) is 0. The normalized spacial score (nSPS) is 11.6. The number of aromatic nitrogens is 2. The fourth-order valence-corrected chi connectivity index (χ4v) is 1.86. The number of benzene rings is 1. The van der Waals surface area contributed by atoms with E-state index in [2.05, 4.69) is 37.4 Å². The minimum atomic E-state index is 0.00665. The zero-order chi connectivity index (χ0) is 14.0. The third-order valence-electron chi connectivity index (χ3n) is 3.02. The molecule has 0 saturated carbocycles. The molecule has 2 N–H and O–H groups in total. The molecule has 0 aliphatic heterocycles. The quantitative estimate of drug-likeness (QED) is 0.832. The van der Waals surface area contributed by atoms with Crippen LogP contribution in [0.5, 0.6) is 5.75 Å². The minimum absolute atomic E-state index is 0.00665. The van der Waals surface area contributed by atoms with Gasteiger partial charge in [-0.3, -0.25) is 4.68 Å². The predicted octanol–water partition coefficient (Wildman–Crippen LogP) is 3.26. The number of aromatic hydroxyl groups is 1. The lowest BCUT2D eigenvalue weighted by Crippen LogP contribution is -2.21. The molecule has 0 spiro atoms. The number of aryl methyl sites for hydroxylation is 1. The second kappa shape index (κ2) is 4.96. The highest BCUT2D eigenvalue weighted by atomic mass is 16.3. The zero-order valence-electron chi connectivity index (χ0n) is 11.9. The second-order valence-corrected chi connectivity index (χ2v) is 5.82. The molecule has 0 bridgehead atoms. The molecule has 4 nitrogen and oxygen atoms in total. The van der Waals surface area contributed by atoms with Gasteiger partial charge in [-0.2, -0.15) is 5.10 Å². The van der Waals surface area contributed by atoms with E-state index in [1.165, 1.54) is 0 Å². The fourth-order valence-electron chi connectivity index (χ4n) is 1.86. The van der Waals surface area contributed by atoms with Gasteiger partial charge in [-0.1, -0.05) is 0 Å². The molecule has 4 heteroatoms. The van der Waals surface area contributed by atoms with E-state index in [0.29, 0.717) is 5.75 Å². The number of phenols is 1. The summed E-state index contributed by atoms with van der Waals surface area (Å²) < 4.78 is 1.97. The number of rotatable bonds is 3. The van der Waals surface area contributed by atoms with E-state index in [9.17, 15) is 5.11 Å². The molecule has 2 aromatic rings. The van der Waals surface area contributed by atoms with Gasteiger partial charge in [-0.05, 0) is 51.5 Å². The first-order valence-electron chi connectivity index (χ1n) is 6.44. The van der Waals surface area contributed by atoms with Crippen LogP contribution < -0.4 is 5.32 Å². The molecule has 0 aliphatic rings. The monoisotopic (exact) mass is 259 g/mol. The van der Waals surface area contributed by atoms with Crippen LogP contribution in [0.3, 0.4) is 0 Å². The Hall–Kier alpha value is -1.97. The number of anilines is 1. The Morgan fingerprint density at radius 1 is 1.32 bits per heavy atom. The molecule has 0 unspecified atom stereocenters. The topological polar surface area (TPSA) is 50.1 Å². The van der Waals surface area contributed by atoms with Crippen molar-refractivity contribution in [2.75, 3.05) is 5.32 Å². The van der Waals surface area contributed by atoms with Crippen molar-refractivity contribution in [1.29, 1.82) is 0 Å². The van der Waals surface area contributed by atoms with E-state index in [1.807, 2.05) is 23.9 Å².